The molecule has 1 rings (SSSR count). The van der Waals surface area contributed by atoms with E-state index in [1.807, 2.05) is 0 Å². The summed E-state index contributed by atoms with van der Waals surface area (Å²) in [5.74, 6) is -0.930. The Labute approximate surface area is 95.5 Å². The lowest BCUT2D eigenvalue weighted by Crippen LogP contribution is -2.08. The first-order chi connectivity index (χ1) is 6.92. The number of rotatable bonds is 3. The van der Waals surface area contributed by atoms with E-state index in [1.165, 1.54) is 14.0 Å². The number of ether oxygens (including phenoxy) is 1. The van der Waals surface area contributed by atoms with Gasteiger partial charge in [-0.2, -0.15) is 0 Å². The SMILES string of the molecule is CCS(=O)(=O)c1cc(F)c(Br)c(OC)n1. The maximum Gasteiger partial charge on any atom is 0.231 e. The van der Waals surface area contributed by atoms with Crippen LogP contribution in [0.2, 0.25) is 0 Å². The zero-order valence-corrected chi connectivity index (χ0v) is 10.5. The van der Waals surface area contributed by atoms with Crippen LogP contribution in [-0.2, 0) is 9.84 Å². The minimum absolute atomic E-state index is 0.0139. The third-order valence-electron chi connectivity index (χ3n) is 1.75. The maximum absolute atomic E-state index is 13.3. The summed E-state index contributed by atoms with van der Waals surface area (Å²) < 4.78 is 40.9. The van der Waals surface area contributed by atoms with Crippen molar-refractivity contribution in [3.63, 3.8) is 0 Å². The zero-order chi connectivity index (χ0) is 11.6. The molecule has 0 unspecified atom stereocenters. The second-order valence-electron chi connectivity index (χ2n) is 2.67. The van der Waals surface area contributed by atoms with Gasteiger partial charge in [-0.05, 0) is 15.9 Å². The Kier molecular flexibility index (Phi) is 3.67. The first-order valence-electron chi connectivity index (χ1n) is 4.05. The molecule has 4 nitrogen and oxygen atoms in total. The Morgan fingerprint density at radius 3 is 2.67 bits per heavy atom. The largest absolute Gasteiger partial charge is 0.480 e. The molecule has 84 valence electrons. The summed E-state index contributed by atoms with van der Waals surface area (Å²) in [7, 11) is -2.24. The van der Waals surface area contributed by atoms with Crippen LogP contribution in [0.5, 0.6) is 5.88 Å². The van der Waals surface area contributed by atoms with Crippen LogP contribution in [0, 0.1) is 5.82 Å². The number of aromatic nitrogens is 1. The van der Waals surface area contributed by atoms with Crippen LogP contribution < -0.4 is 4.74 Å². The first kappa shape index (κ1) is 12.4. The van der Waals surface area contributed by atoms with Gasteiger partial charge in [0.25, 0.3) is 0 Å². The Morgan fingerprint density at radius 2 is 2.20 bits per heavy atom. The molecule has 1 aromatic heterocycles. The van der Waals surface area contributed by atoms with Crippen LogP contribution in [0.1, 0.15) is 6.92 Å². The first-order valence-corrected chi connectivity index (χ1v) is 6.49. The van der Waals surface area contributed by atoms with Gasteiger partial charge in [-0.15, -0.1) is 0 Å². The molecule has 0 aliphatic rings. The van der Waals surface area contributed by atoms with Crippen molar-refractivity contribution in [2.45, 2.75) is 11.9 Å². The average Bonchev–Trinajstić information content (AvgIpc) is 2.21. The van der Waals surface area contributed by atoms with Crippen LogP contribution in [0.15, 0.2) is 15.6 Å². The molecular formula is C8H9BrFNO3S. The van der Waals surface area contributed by atoms with Crippen molar-refractivity contribution in [1.29, 1.82) is 0 Å². The van der Waals surface area contributed by atoms with Gasteiger partial charge in [-0.25, -0.2) is 17.8 Å². The molecule has 0 amide bonds. The van der Waals surface area contributed by atoms with E-state index >= 15 is 0 Å². The molecule has 0 saturated heterocycles. The van der Waals surface area contributed by atoms with Crippen molar-refractivity contribution in [2.24, 2.45) is 0 Å². The van der Waals surface area contributed by atoms with E-state index in [0.717, 1.165) is 6.07 Å². The highest BCUT2D eigenvalue weighted by molar-refractivity contribution is 9.10. The van der Waals surface area contributed by atoms with Gasteiger partial charge in [0.1, 0.15) is 10.3 Å². The van der Waals surface area contributed by atoms with Crippen molar-refractivity contribution in [2.75, 3.05) is 12.9 Å². The molecule has 0 radical (unpaired) electrons. The highest BCUT2D eigenvalue weighted by Crippen LogP contribution is 2.27. The predicted molar refractivity (Wildman–Crippen MR) is 56.2 cm³/mol. The van der Waals surface area contributed by atoms with Crippen molar-refractivity contribution in [3.8, 4) is 5.88 Å². The van der Waals surface area contributed by atoms with Gasteiger partial charge in [-0.3, -0.25) is 0 Å². The number of halogens is 2. The van der Waals surface area contributed by atoms with Crippen molar-refractivity contribution in [3.05, 3.63) is 16.4 Å². The Bertz CT molecular complexity index is 475. The Balaban J connectivity index is 3.42. The number of nitrogens with zero attached hydrogens (tertiary/aromatic N) is 1. The Morgan fingerprint density at radius 1 is 1.60 bits per heavy atom. The quantitative estimate of drug-likeness (QED) is 0.853. The van der Waals surface area contributed by atoms with Crippen LogP contribution in [-0.4, -0.2) is 26.3 Å². The van der Waals surface area contributed by atoms with Crippen molar-refractivity contribution >= 4 is 25.8 Å². The fourth-order valence-electron chi connectivity index (χ4n) is 0.898. The summed E-state index contributed by atoms with van der Waals surface area (Å²) in [4.78, 5) is 3.70. The van der Waals surface area contributed by atoms with E-state index in [-0.39, 0.29) is 21.1 Å². The summed E-state index contributed by atoms with van der Waals surface area (Å²) in [6.45, 7) is 1.46. The molecule has 0 saturated carbocycles. The summed E-state index contributed by atoms with van der Waals surface area (Å²) in [5, 5.41) is -0.317. The lowest BCUT2D eigenvalue weighted by atomic mass is 10.4. The standard InChI is InChI=1S/C8H9BrFNO3S/c1-3-15(12,13)6-4-5(10)7(9)8(11-6)14-2/h4H,3H2,1-2H3. The molecule has 1 heterocycles. The molecule has 0 spiro atoms. The molecule has 0 aliphatic carbocycles. The summed E-state index contributed by atoms with van der Waals surface area (Å²) in [5.41, 5.74) is 0. The van der Waals surface area contributed by atoms with E-state index in [4.69, 9.17) is 4.74 Å². The van der Waals surface area contributed by atoms with E-state index in [0.29, 0.717) is 0 Å². The normalized spacial score (nSPS) is 11.5. The summed E-state index contributed by atoms with van der Waals surface area (Å²) in [6, 6.07) is 0.867. The van der Waals surface area contributed by atoms with Gasteiger partial charge in [0.15, 0.2) is 14.9 Å². The third kappa shape index (κ3) is 2.46. The van der Waals surface area contributed by atoms with Gasteiger partial charge in [-0.1, -0.05) is 6.92 Å². The van der Waals surface area contributed by atoms with Gasteiger partial charge >= 0.3 is 0 Å². The molecule has 0 fully saturated rings. The molecule has 0 bridgehead atoms. The zero-order valence-electron chi connectivity index (χ0n) is 8.12. The minimum Gasteiger partial charge on any atom is -0.480 e. The average molecular weight is 298 g/mol. The van der Waals surface area contributed by atoms with Crippen molar-refractivity contribution in [1.82, 2.24) is 4.98 Å². The Hall–Kier alpha value is -0.690. The van der Waals surface area contributed by atoms with Crippen LogP contribution in [0.25, 0.3) is 0 Å². The minimum atomic E-state index is -3.52. The van der Waals surface area contributed by atoms with Gasteiger partial charge in [0.05, 0.1) is 12.9 Å². The number of methoxy groups -OCH3 is 1. The van der Waals surface area contributed by atoms with E-state index in [9.17, 15) is 12.8 Å². The fourth-order valence-corrected chi connectivity index (χ4v) is 2.06. The molecule has 0 aromatic carbocycles. The van der Waals surface area contributed by atoms with E-state index in [1.54, 1.807) is 0 Å². The molecule has 7 heteroatoms. The molecule has 1 aromatic rings. The molecule has 0 aliphatic heterocycles. The summed E-state index contributed by atoms with van der Waals surface area (Å²) in [6.07, 6.45) is 0. The van der Waals surface area contributed by atoms with E-state index in [2.05, 4.69) is 20.9 Å². The second-order valence-corrected chi connectivity index (χ2v) is 5.69. The van der Waals surface area contributed by atoms with Gasteiger partial charge < -0.3 is 4.74 Å². The molecule has 0 N–H and O–H groups in total. The number of hydrogen-bond donors (Lipinski definition) is 0. The monoisotopic (exact) mass is 297 g/mol. The molecule has 0 atom stereocenters. The summed E-state index contributed by atoms with van der Waals surface area (Å²) >= 11 is 2.91. The van der Waals surface area contributed by atoms with Gasteiger partial charge in [0.2, 0.25) is 5.88 Å². The lowest BCUT2D eigenvalue weighted by molar-refractivity contribution is 0.385. The highest BCUT2D eigenvalue weighted by Gasteiger charge is 2.19. The van der Waals surface area contributed by atoms with Crippen LogP contribution in [0.3, 0.4) is 0 Å². The number of hydrogen-bond acceptors (Lipinski definition) is 4. The molecule has 15 heavy (non-hydrogen) atoms. The van der Waals surface area contributed by atoms with Gasteiger partial charge in [0, 0.05) is 6.07 Å². The number of sulfone groups is 1. The second kappa shape index (κ2) is 4.44. The third-order valence-corrected chi connectivity index (χ3v) is 4.08. The predicted octanol–water partition coefficient (Wildman–Crippen LogP) is 1.79. The fraction of sp³-hybridized carbons (Fsp3) is 0.375. The van der Waals surface area contributed by atoms with Crippen LogP contribution in [0.4, 0.5) is 4.39 Å². The van der Waals surface area contributed by atoms with E-state index < -0.39 is 15.7 Å². The lowest BCUT2D eigenvalue weighted by Gasteiger charge is -2.06. The number of pyridine rings is 1. The molecular weight excluding hydrogens is 289 g/mol. The van der Waals surface area contributed by atoms with Crippen molar-refractivity contribution < 1.29 is 17.5 Å². The maximum atomic E-state index is 13.3. The van der Waals surface area contributed by atoms with Crippen LogP contribution >= 0.6 is 15.9 Å². The highest BCUT2D eigenvalue weighted by atomic mass is 79.9. The topological polar surface area (TPSA) is 56.3 Å². The smallest absolute Gasteiger partial charge is 0.231 e.